The third-order valence-electron chi connectivity index (χ3n) is 1.76. The summed E-state index contributed by atoms with van der Waals surface area (Å²) >= 11 is 0. The first kappa shape index (κ1) is 8.57. The van der Waals surface area contributed by atoms with Crippen LogP contribution in [0.4, 0.5) is 0 Å². The molecule has 1 aliphatic heterocycles. The van der Waals surface area contributed by atoms with Crippen molar-refractivity contribution in [3.05, 3.63) is 0 Å². The van der Waals surface area contributed by atoms with E-state index in [0.717, 1.165) is 18.9 Å². The van der Waals surface area contributed by atoms with Crippen LogP contribution in [-0.4, -0.2) is 18.0 Å². The first-order valence-corrected chi connectivity index (χ1v) is 4.35. The van der Waals surface area contributed by atoms with E-state index in [-0.39, 0.29) is 5.54 Å². The number of aliphatic imine (C=N–C) groups is 1. The Bertz CT molecular complexity index is 161. The normalized spacial score (nSPS) is 21.2. The minimum Gasteiger partial charge on any atom is -0.478 e. The predicted molar refractivity (Wildman–Crippen MR) is 47.0 cm³/mol. The molecule has 0 atom stereocenters. The molecule has 0 aromatic carbocycles. The van der Waals surface area contributed by atoms with Crippen molar-refractivity contribution >= 4 is 5.90 Å². The van der Waals surface area contributed by atoms with Crippen molar-refractivity contribution in [2.45, 2.75) is 45.6 Å². The van der Waals surface area contributed by atoms with Crippen molar-refractivity contribution in [3.8, 4) is 0 Å². The second-order valence-electron chi connectivity index (χ2n) is 3.71. The highest BCUT2D eigenvalue weighted by molar-refractivity contribution is 5.78. The Balaban J connectivity index is 2.37. The van der Waals surface area contributed by atoms with Crippen molar-refractivity contribution in [3.63, 3.8) is 0 Å². The maximum absolute atomic E-state index is 5.42. The highest BCUT2D eigenvalue weighted by Crippen LogP contribution is 2.18. The van der Waals surface area contributed by atoms with Crippen LogP contribution in [0.3, 0.4) is 0 Å². The van der Waals surface area contributed by atoms with E-state index in [1.165, 1.54) is 12.8 Å². The van der Waals surface area contributed by atoms with Crippen molar-refractivity contribution in [1.82, 2.24) is 0 Å². The number of ether oxygens (including phenoxy) is 1. The first-order chi connectivity index (χ1) is 5.14. The molecule has 0 aliphatic carbocycles. The van der Waals surface area contributed by atoms with Crippen LogP contribution in [0.15, 0.2) is 4.99 Å². The van der Waals surface area contributed by atoms with Gasteiger partial charge in [0.05, 0.1) is 5.54 Å². The molecular formula is C9H17NO. The van der Waals surface area contributed by atoms with E-state index in [0.29, 0.717) is 0 Å². The van der Waals surface area contributed by atoms with E-state index < -0.39 is 0 Å². The summed E-state index contributed by atoms with van der Waals surface area (Å²) in [4.78, 5) is 4.45. The van der Waals surface area contributed by atoms with Crippen molar-refractivity contribution in [1.29, 1.82) is 0 Å². The van der Waals surface area contributed by atoms with Crippen LogP contribution in [0.2, 0.25) is 0 Å². The zero-order chi connectivity index (χ0) is 8.32. The maximum Gasteiger partial charge on any atom is 0.183 e. The molecule has 1 aliphatic rings. The zero-order valence-electron chi connectivity index (χ0n) is 7.68. The summed E-state index contributed by atoms with van der Waals surface area (Å²) in [6, 6.07) is 0. The molecule has 0 saturated carbocycles. The van der Waals surface area contributed by atoms with Gasteiger partial charge in [0.2, 0.25) is 0 Å². The SMILES string of the molecule is CCCCC1=NC(C)(C)CO1. The summed E-state index contributed by atoms with van der Waals surface area (Å²) in [6.07, 6.45) is 3.41. The molecule has 0 bridgehead atoms. The molecule has 1 rings (SSSR count). The lowest BCUT2D eigenvalue weighted by atomic mass is 10.1. The van der Waals surface area contributed by atoms with Gasteiger partial charge in [-0.1, -0.05) is 13.3 Å². The van der Waals surface area contributed by atoms with Gasteiger partial charge >= 0.3 is 0 Å². The number of nitrogens with zero attached hydrogens (tertiary/aromatic N) is 1. The second-order valence-corrected chi connectivity index (χ2v) is 3.71. The lowest BCUT2D eigenvalue weighted by Crippen LogP contribution is -2.17. The third-order valence-corrected chi connectivity index (χ3v) is 1.76. The molecule has 0 radical (unpaired) electrons. The Morgan fingerprint density at radius 1 is 1.55 bits per heavy atom. The lowest BCUT2D eigenvalue weighted by Gasteiger charge is -2.07. The average Bonchev–Trinajstić information content (AvgIpc) is 2.26. The smallest absolute Gasteiger partial charge is 0.183 e. The Labute approximate surface area is 68.7 Å². The van der Waals surface area contributed by atoms with Crippen LogP contribution in [0, 0.1) is 0 Å². The fourth-order valence-corrected chi connectivity index (χ4v) is 1.12. The van der Waals surface area contributed by atoms with E-state index in [9.17, 15) is 0 Å². The van der Waals surface area contributed by atoms with Gasteiger partial charge in [-0.05, 0) is 20.3 Å². The Morgan fingerprint density at radius 2 is 2.27 bits per heavy atom. The fraction of sp³-hybridized carbons (Fsp3) is 0.889. The van der Waals surface area contributed by atoms with Crippen LogP contribution >= 0.6 is 0 Å². The van der Waals surface area contributed by atoms with E-state index in [2.05, 4.69) is 25.8 Å². The van der Waals surface area contributed by atoms with E-state index in [1.54, 1.807) is 0 Å². The number of rotatable bonds is 3. The van der Waals surface area contributed by atoms with E-state index in [1.807, 2.05) is 0 Å². The molecule has 1 heterocycles. The van der Waals surface area contributed by atoms with Gasteiger partial charge in [-0.2, -0.15) is 0 Å². The summed E-state index contributed by atoms with van der Waals surface area (Å²) in [5, 5.41) is 0. The monoisotopic (exact) mass is 155 g/mol. The lowest BCUT2D eigenvalue weighted by molar-refractivity contribution is 0.273. The predicted octanol–water partition coefficient (Wildman–Crippen LogP) is 2.38. The van der Waals surface area contributed by atoms with E-state index in [4.69, 9.17) is 4.74 Å². The maximum atomic E-state index is 5.42. The minimum absolute atomic E-state index is 0.0308. The molecule has 11 heavy (non-hydrogen) atoms. The van der Waals surface area contributed by atoms with Gasteiger partial charge in [-0.25, -0.2) is 4.99 Å². The molecule has 0 fully saturated rings. The number of hydrogen-bond donors (Lipinski definition) is 0. The molecule has 2 nitrogen and oxygen atoms in total. The van der Waals surface area contributed by atoms with Gasteiger partial charge in [0, 0.05) is 6.42 Å². The molecule has 0 saturated heterocycles. The average molecular weight is 155 g/mol. The summed E-state index contributed by atoms with van der Waals surface area (Å²) in [7, 11) is 0. The van der Waals surface area contributed by atoms with Crippen molar-refractivity contribution in [2.75, 3.05) is 6.61 Å². The number of unbranched alkanes of at least 4 members (excludes halogenated alkanes) is 1. The molecule has 0 aromatic rings. The van der Waals surface area contributed by atoms with Gasteiger partial charge in [-0.3, -0.25) is 0 Å². The van der Waals surface area contributed by atoms with Crippen molar-refractivity contribution < 1.29 is 4.74 Å². The molecule has 0 amide bonds. The molecule has 0 spiro atoms. The highest BCUT2D eigenvalue weighted by Gasteiger charge is 2.25. The van der Waals surface area contributed by atoms with Crippen LogP contribution in [-0.2, 0) is 4.74 Å². The third kappa shape index (κ3) is 2.52. The summed E-state index contributed by atoms with van der Waals surface area (Å²) in [5.74, 6) is 0.955. The quantitative estimate of drug-likeness (QED) is 0.613. The van der Waals surface area contributed by atoms with Gasteiger partial charge in [-0.15, -0.1) is 0 Å². The van der Waals surface area contributed by atoms with E-state index >= 15 is 0 Å². The molecule has 0 N–H and O–H groups in total. The van der Waals surface area contributed by atoms with Crippen LogP contribution in [0.5, 0.6) is 0 Å². The van der Waals surface area contributed by atoms with Crippen molar-refractivity contribution in [2.24, 2.45) is 4.99 Å². The first-order valence-electron chi connectivity index (χ1n) is 4.35. The molecule has 0 unspecified atom stereocenters. The second kappa shape index (κ2) is 3.24. The van der Waals surface area contributed by atoms with Gasteiger partial charge in [0.15, 0.2) is 5.90 Å². The summed E-state index contributed by atoms with van der Waals surface area (Å²) in [6.45, 7) is 7.14. The van der Waals surface area contributed by atoms with Gasteiger partial charge in [0.25, 0.3) is 0 Å². The van der Waals surface area contributed by atoms with Gasteiger partial charge in [0.1, 0.15) is 6.61 Å². The zero-order valence-corrected chi connectivity index (χ0v) is 7.68. The molecular weight excluding hydrogens is 138 g/mol. The highest BCUT2D eigenvalue weighted by atomic mass is 16.5. The topological polar surface area (TPSA) is 21.6 Å². The van der Waals surface area contributed by atoms with Gasteiger partial charge < -0.3 is 4.74 Å². The molecule has 2 heteroatoms. The van der Waals surface area contributed by atoms with Crippen LogP contribution < -0.4 is 0 Å². The van der Waals surface area contributed by atoms with Crippen LogP contribution in [0.1, 0.15) is 40.0 Å². The fourth-order valence-electron chi connectivity index (χ4n) is 1.12. The largest absolute Gasteiger partial charge is 0.478 e. The Kier molecular flexibility index (Phi) is 2.53. The van der Waals surface area contributed by atoms with Crippen LogP contribution in [0.25, 0.3) is 0 Å². The standard InChI is InChI=1S/C9H17NO/c1-4-5-6-8-10-9(2,3)7-11-8/h4-7H2,1-3H3. The Morgan fingerprint density at radius 3 is 2.73 bits per heavy atom. The minimum atomic E-state index is 0.0308. The Hall–Kier alpha value is -0.530. The molecule has 64 valence electrons. The number of hydrogen-bond acceptors (Lipinski definition) is 2. The summed E-state index contributed by atoms with van der Waals surface area (Å²) in [5.41, 5.74) is 0.0308. The summed E-state index contributed by atoms with van der Waals surface area (Å²) < 4.78 is 5.42. The molecule has 0 aromatic heterocycles.